The molecule has 0 unspecified atom stereocenters. The van der Waals surface area contributed by atoms with Crippen molar-refractivity contribution >= 4 is 0 Å². The molecule has 0 saturated heterocycles. The van der Waals surface area contributed by atoms with E-state index < -0.39 is 11.7 Å². The van der Waals surface area contributed by atoms with Crippen LogP contribution in [0.1, 0.15) is 26.7 Å². The Hall–Kier alpha value is -0.120. The molecule has 1 atom stereocenters. The van der Waals surface area contributed by atoms with Crippen LogP contribution in [0.4, 0.5) is 0 Å². The fraction of sp³-hybridized carbons (Fsp3) is 1.00. The number of hydrogen-bond acceptors (Lipinski definition) is 3. The lowest BCUT2D eigenvalue weighted by Gasteiger charge is -2.17. The Labute approximate surface area is 61.3 Å². The molecule has 0 aliphatic carbocycles. The van der Waals surface area contributed by atoms with Gasteiger partial charge in [-0.05, 0) is 26.7 Å². The first-order chi connectivity index (χ1) is 4.45. The van der Waals surface area contributed by atoms with E-state index in [0.717, 1.165) is 0 Å². The van der Waals surface area contributed by atoms with Crippen molar-refractivity contribution in [1.29, 1.82) is 0 Å². The van der Waals surface area contributed by atoms with Gasteiger partial charge in [-0.2, -0.15) is 0 Å². The van der Waals surface area contributed by atoms with Crippen molar-refractivity contribution in [2.24, 2.45) is 0 Å². The van der Waals surface area contributed by atoms with Crippen LogP contribution in [0.25, 0.3) is 0 Å². The maximum Gasteiger partial charge on any atom is 0.0772 e. The normalized spacial score (nSPS) is 15.3. The summed E-state index contributed by atoms with van der Waals surface area (Å²) in [5.41, 5.74) is -0.740. The van der Waals surface area contributed by atoms with Crippen LogP contribution in [-0.2, 0) is 0 Å². The molecule has 0 aromatic heterocycles. The molecule has 0 radical (unpaired) electrons. The highest BCUT2D eigenvalue weighted by atomic mass is 16.3. The van der Waals surface area contributed by atoms with Gasteiger partial charge in [-0.25, -0.2) is 0 Å². The van der Waals surface area contributed by atoms with E-state index in [1.165, 1.54) is 0 Å². The minimum Gasteiger partial charge on any atom is -0.394 e. The highest BCUT2D eigenvalue weighted by molar-refractivity contribution is 4.67. The van der Waals surface area contributed by atoms with E-state index in [0.29, 0.717) is 12.8 Å². The number of aliphatic hydroxyl groups is 3. The molecule has 62 valence electrons. The van der Waals surface area contributed by atoms with Crippen molar-refractivity contribution in [1.82, 2.24) is 0 Å². The van der Waals surface area contributed by atoms with Crippen molar-refractivity contribution in [2.75, 3.05) is 6.61 Å². The molecule has 0 aliphatic rings. The maximum atomic E-state index is 9.17. The Morgan fingerprint density at radius 3 is 2.20 bits per heavy atom. The molecule has 3 nitrogen and oxygen atoms in total. The molecule has 0 bridgehead atoms. The van der Waals surface area contributed by atoms with Crippen LogP contribution in [-0.4, -0.2) is 33.6 Å². The van der Waals surface area contributed by atoms with Gasteiger partial charge in [-0.15, -0.1) is 0 Å². The van der Waals surface area contributed by atoms with Crippen LogP contribution in [0, 0.1) is 0 Å². The second-order valence-corrected chi connectivity index (χ2v) is 3.19. The maximum absolute atomic E-state index is 9.17. The van der Waals surface area contributed by atoms with E-state index in [-0.39, 0.29) is 6.61 Å². The van der Waals surface area contributed by atoms with Crippen molar-refractivity contribution in [2.45, 2.75) is 38.4 Å². The van der Waals surface area contributed by atoms with E-state index in [9.17, 15) is 0 Å². The monoisotopic (exact) mass is 148 g/mol. The summed E-state index contributed by atoms with van der Waals surface area (Å²) < 4.78 is 0. The summed E-state index contributed by atoms with van der Waals surface area (Å²) in [4.78, 5) is 0. The van der Waals surface area contributed by atoms with Crippen molar-refractivity contribution in [3.8, 4) is 0 Å². The molecular weight excluding hydrogens is 132 g/mol. The molecule has 0 amide bonds. The van der Waals surface area contributed by atoms with E-state index >= 15 is 0 Å². The summed E-state index contributed by atoms with van der Waals surface area (Å²) in [5.74, 6) is 0. The summed E-state index contributed by atoms with van der Waals surface area (Å²) in [7, 11) is 0. The zero-order valence-corrected chi connectivity index (χ0v) is 6.54. The van der Waals surface area contributed by atoms with Gasteiger partial charge in [-0.1, -0.05) is 0 Å². The zero-order chi connectivity index (χ0) is 8.20. The topological polar surface area (TPSA) is 60.7 Å². The van der Waals surface area contributed by atoms with Crippen LogP contribution in [0.15, 0.2) is 0 Å². The number of aliphatic hydroxyl groups excluding tert-OH is 2. The zero-order valence-electron chi connectivity index (χ0n) is 6.54. The predicted molar refractivity (Wildman–Crippen MR) is 38.6 cm³/mol. The first kappa shape index (κ1) is 9.88. The first-order valence-electron chi connectivity index (χ1n) is 3.47. The van der Waals surface area contributed by atoms with E-state index in [1.54, 1.807) is 13.8 Å². The average molecular weight is 148 g/mol. The molecule has 0 saturated carbocycles. The molecule has 0 aromatic carbocycles. The van der Waals surface area contributed by atoms with E-state index in [1.807, 2.05) is 0 Å². The highest BCUT2D eigenvalue weighted by Crippen LogP contribution is 2.11. The van der Waals surface area contributed by atoms with Crippen molar-refractivity contribution in [3.63, 3.8) is 0 Å². The van der Waals surface area contributed by atoms with Gasteiger partial charge in [0.1, 0.15) is 0 Å². The van der Waals surface area contributed by atoms with Gasteiger partial charge in [-0.3, -0.25) is 0 Å². The van der Waals surface area contributed by atoms with Gasteiger partial charge in [0.15, 0.2) is 0 Å². The Morgan fingerprint density at radius 2 is 1.90 bits per heavy atom. The minimum absolute atomic E-state index is 0.226. The van der Waals surface area contributed by atoms with Crippen molar-refractivity contribution < 1.29 is 15.3 Å². The van der Waals surface area contributed by atoms with Crippen LogP contribution >= 0.6 is 0 Å². The lowest BCUT2D eigenvalue weighted by atomic mass is 10.0. The fourth-order valence-corrected chi connectivity index (χ4v) is 0.611. The van der Waals surface area contributed by atoms with Gasteiger partial charge in [0, 0.05) is 0 Å². The standard InChI is InChI=1S/C7H16O3/c1-7(2,10)4-3-6(9)5-8/h6,8-10H,3-5H2,1-2H3/t6-/m0/s1. The molecule has 0 fully saturated rings. The molecule has 3 heteroatoms. The lowest BCUT2D eigenvalue weighted by Crippen LogP contribution is -2.22. The van der Waals surface area contributed by atoms with Gasteiger partial charge in [0.2, 0.25) is 0 Å². The predicted octanol–water partition coefficient (Wildman–Crippen LogP) is -0.109. The first-order valence-corrected chi connectivity index (χ1v) is 3.47. The van der Waals surface area contributed by atoms with Gasteiger partial charge >= 0.3 is 0 Å². The van der Waals surface area contributed by atoms with Crippen LogP contribution in [0.2, 0.25) is 0 Å². The van der Waals surface area contributed by atoms with Crippen molar-refractivity contribution in [3.05, 3.63) is 0 Å². The fourth-order valence-electron chi connectivity index (χ4n) is 0.611. The molecular formula is C7H16O3. The highest BCUT2D eigenvalue weighted by Gasteiger charge is 2.14. The van der Waals surface area contributed by atoms with Crippen LogP contribution in [0.5, 0.6) is 0 Å². The SMILES string of the molecule is CC(C)(O)CC[C@H](O)CO. The summed E-state index contributed by atoms with van der Waals surface area (Å²) in [6.45, 7) is 3.13. The van der Waals surface area contributed by atoms with Crippen LogP contribution in [0.3, 0.4) is 0 Å². The summed E-state index contributed by atoms with van der Waals surface area (Å²) in [6.07, 6.45) is 0.265. The third kappa shape index (κ3) is 6.01. The third-order valence-corrected chi connectivity index (χ3v) is 1.30. The number of hydrogen-bond donors (Lipinski definition) is 3. The quantitative estimate of drug-likeness (QED) is 0.521. The molecule has 3 N–H and O–H groups in total. The molecule has 0 spiro atoms. The van der Waals surface area contributed by atoms with E-state index in [2.05, 4.69) is 0 Å². The second-order valence-electron chi connectivity index (χ2n) is 3.19. The molecule has 10 heavy (non-hydrogen) atoms. The lowest BCUT2D eigenvalue weighted by molar-refractivity contribution is 0.0327. The van der Waals surface area contributed by atoms with E-state index in [4.69, 9.17) is 15.3 Å². The smallest absolute Gasteiger partial charge is 0.0772 e. The molecule has 0 rings (SSSR count). The second kappa shape index (κ2) is 3.91. The minimum atomic E-state index is -0.740. The Morgan fingerprint density at radius 1 is 1.40 bits per heavy atom. The van der Waals surface area contributed by atoms with Gasteiger partial charge < -0.3 is 15.3 Å². The summed E-state index contributed by atoms with van der Waals surface area (Å²) >= 11 is 0. The Bertz CT molecular complexity index is 85.3. The largest absolute Gasteiger partial charge is 0.394 e. The molecule has 0 aliphatic heterocycles. The van der Waals surface area contributed by atoms with Crippen LogP contribution < -0.4 is 0 Å². The summed E-state index contributed by atoms with van der Waals surface area (Å²) in [5, 5.41) is 26.4. The van der Waals surface area contributed by atoms with Gasteiger partial charge in [0.25, 0.3) is 0 Å². The molecule has 0 aromatic rings. The Kier molecular flexibility index (Phi) is 3.86. The molecule has 0 heterocycles. The summed E-state index contributed by atoms with van der Waals surface area (Å²) in [6, 6.07) is 0. The number of rotatable bonds is 4. The van der Waals surface area contributed by atoms with Gasteiger partial charge in [0.05, 0.1) is 18.3 Å². The third-order valence-electron chi connectivity index (χ3n) is 1.30. The Balaban J connectivity index is 3.36. The average Bonchev–Trinajstić information content (AvgIpc) is 1.81.